The van der Waals surface area contributed by atoms with Gasteiger partial charge >= 0.3 is 0 Å². The molecule has 5 rings (SSSR count). The Balaban J connectivity index is 1.48. The van der Waals surface area contributed by atoms with E-state index in [2.05, 4.69) is 0 Å². The summed E-state index contributed by atoms with van der Waals surface area (Å²) in [4.78, 5) is 31.3. The predicted octanol–water partition coefficient (Wildman–Crippen LogP) is 6.94. The van der Waals surface area contributed by atoms with Crippen LogP contribution in [-0.4, -0.2) is 16.9 Å². The van der Waals surface area contributed by atoms with E-state index in [0.717, 1.165) is 19.6 Å². The van der Waals surface area contributed by atoms with Gasteiger partial charge in [-0.15, -0.1) is 0 Å². The lowest BCUT2D eigenvalue weighted by atomic mass is 10.1. The van der Waals surface area contributed by atoms with Gasteiger partial charge in [-0.2, -0.15) is 0 Å². The van der Waals surface area contributed by atoms with Crippen LogP contribution in [0.4, 0.5) is 22.7 Å². The maximum absolute atomic E-state index is 13.9. The van der Waals surface area contributed by atoms with Gasteiger partial charge in [-0.25, -0.2) is 0 Å². The number of amides is 2. The highest BCUT2D eigenvalue weighted by Crippen LogP contribution is 2.35. The number of phenolic OH excluding ortho intramolecular Hbond substituents is 1. The Bertz CT molecular complexity index is 1600. The van der Waals surface area contributed by atoms with E-state index in [1.165, 1.54) is 23.1 Å². The number of hydrogen-bond acceptors (Lipinski definition) is 7. The first-order chi connectivity index (χ1) is 19.7. The van der Waals surface area contributed by atoms with Crippen LogP contribution in [0.2, 0.25) is 0 Å². The van der Waals surface area contributed by atoms with Gasteiger partial charge in [0.1, 0.15) is 5.75 Å². The number of carbonyl (C=O) groups is 2. The fourth-order valence-electron chi connectivity index (χ4n) is 4.06. The topological polar surface area (TPSA) is 136 Å². The van der Waals surface area contributed by atoms with E-state index in [4.69, 9.17) is 17.2 Å². The van der Waals surface area contributed by atoms with Gasteiger partial charge in [0.15, 0.2) is 0 Å². The number of phenols is 1. The summed E-state index contributed by atoms with van der Waals surface area (Å²) in [5, 5.41) is 10.2. The van der Waals surface area contributed by atoms with E-state index >= 15 is 0 Å². The van der Waals surface area contributed by atoms with Crippen LogP contribution in [0.1, 0.15) is 20.7 Å². The first-order valence-corrected chi connectivity index (χ1v) is 14.1. The molecule has 41 heavy (non-hydrogen) atoms. The van der Waals surface area contributed by atoms with Gasteiger partial charge in [0.05, 0.1) is 0 Å². The van der Waals surface area contributed by atoms with Gasteiger partial charge in [0.2, 0.25) is 5.91 Å². The third-order valence-electron chi connectivity index (χ3n) is 6.07. The van der Waals surface area contributed by atoms with Crippen molar-refractivity contribution in [3.05, 3.63) is 126 Å². The zero-order valence-corrected chi connectivity index (χ0v) is 23.4. The molecular weight excluding hydrogens is 553 g/mol. The van der Waals surface area contributed by atoms with Crippen molar-refractivity contribution in [3.63, 3.8) is 0 Å². The quantitative estimate of drug-likeness (QED) is 0.147. The Kier molecular flexibility index (Phi) is 8.19. The van der Waals surface area contributed by atoms with E-state index in [9.17, 15) is 14.7 Å². The van der Waals surface area contributed by atoms with Gasteiger partial charge < -0.3 is 22.3 Å². The van der Waals surface area contributed by atoms with Crippen LogP contribution in [0.3, 0.4) is 0 Å². The molecule has 7 nitrogen and oxygen atoms in total. The molecule has 204 valence electrons. The van der Waals surface area contributed by atoms with Crippen LogP contribution in [-0.2, 0) is 0 Å². The number of anilines is 4. The van der Waals surface area contributed by atoms with Gasteiger partial charge in [-0.05, 0) is 115 Å². The average Bonchev–Trinajstić information content (AvgIpc) is 2.97. The van der Waals surface area contributed by atoms with E-state index in [0.29, 0.717) is 22.7 Å². The van der Waals surface area contributed by atoms with Crippen LogP contribution in [0.25, 0.3) is 0 Å². The smallest absolute Gasteiger partial charge is 0.262 e. The zero-order valence-electron chi connectivity index (χ0n) is 21.7. The maximum atomic E-state index is 13.9. The van der Waals surface area contributed by atoms with E-state index < -0.39 is 11.8 Å². The lowest BCUT2D eigenvalue weighted by Gasteiger charge is -2.24. The first kappa shape index (κ1) is 27.7. The summed E-state index contributed by atoms with van der Waals surface area (Å²) in [7, 11) is 0. The van der Waals surface area contributed by atoms with Crippen molar-refractivity contribution in [2.75, 3.05) is 16.4 Å². The standard InChI is InChI=1S/C32H26N4O3S2/c33-22-1-9-27(10-2-22)40-29-13-5-24(6-14-29)36(32(39)21-17-20(31(35)38)18-26(37)19-21)25-7-15-30(16-8-25)41-28-11-3-23(34)4-12-28/h1-19,37H,33-34H2,(H2,35,38). The fourth-order valence-corrected chi connectivity index (χ4v) is 5.69. The SMILES string of the molecule is NC(=O)c1cc(O)cc(C(=O)N(c2ccc(Sc3ccc(N)cc3)cc2)c2ccc(Sc3ccc(N)cc3)cc2)c1. The summed E-state index contributed by atoms with van der Waals surface area (Å²) < 4.78 is 0. The minimum absolute atomic E-state index is 0.0405. The number of aromatic hydroxyl groups is 1. The van der Waals surface area contributed by atoms with Crippen molar-refractivity contribution in [1.29, 1.82) is 0 Å². The normalized spacial score (nSPS) is 10.7. The average molecular weight is 579 g/mol. The molecule has 0 fully saturated rings. The summed E-state index contributed by atoms with van der Waals surface area (Å²) in [6.07, 6.45) is 0. The molecule has 0 unspecified atom stereocenters. The van der Waals surface area contributed by atoms with Crippen molar-refractivity contribution >= 4 is 58.1 Å². The van der Waals surface area contributed by atoms with Gasteiger partial charge in [-0.1, -0.05) is 23.5 Å². The number of nitrogens with zero attached hydrogens (tertiary/aromatic N) is 1. The summed E-state index contributed by atoms with van der Waals surface area (Å²) in [5.74, 6) is -1.40. The van der Waals surface area contributed by atoms with E-state index in [-0.39, 0.29) is 16.9 Å². The van der Waals surface area contributed by atoms with Crippen LogP contribution < -0.4 is 22.1 Å². The highest BCUT2D eigenvalue weighted by atomic mass is 32.2. The molecule has 7 N–H and O–H groups in total. The van der Waals surface area contributed by atoms with Crippen molar-refractivity contribution in [1.82, 2.24) is 0 Å². The third kappa shape index (κ3) is 6.84. The van der Waals surface area contributed by atoms with Crippen LogP contribution >= 0.6 is 23.5 Å². The molecule has 0 aromatic heterocycles. The van der Waals surface area contributed by atoms with Crippen molar-refractivity contribution in [3.8, 4) is 5.75 Å². The minimum Gasteiger partial charge on any atom is -0.508 e. The van der Waals surface area contributed by atoms with Crippen molar-refractivity contribution in [2.24, 2.45) is 5.73 Å². The number of primary amides is 1. The van der Waals surface area contributed by atoms with Gasteiger partial charge in [-0.3, -0.25) is 14.5 Å². The second-order valence-electron chi connectivity index (χ2n) is 9.10. The van der Waals surface area contributed by atoms with Crippen LogP contribution in [0.5, 0.6) is 5.75 Å². The number of benzene rings is 5. The molecule has 0 saturated heterocycles. The minimum atomic E-state index is -0.741. The summed E-state index contributed by atoms with van der Waals surface area (Å²) >= 11 is 3.15. The van der Waals surface area contributed by atoms with Crippen molar-refractivity contribution < 1.29 is 14.7 Å². The molecule has 0 spiro atoms. The highest BCUT2D eigenvalue weighted by molar-refractivity contribution is 7.99. The molecule has 0 aliphatic heterocycles. The molecule has 0 aliphatic rings. The molecule has 5 aromatic carbocycles. The monoisotopic (exact) mass is 578 g/mol. The molecule has 0 heterocycles. The zero-order chi connectivity index (χ0) is 28.9. The molecule has 9 heteroatoms. The van der Waals surface area contributed by atoms with Crippen LogP contribution in [0.15, 0.2) is 135 Å². The summed E-state index contributed by atoms with van der Waals surface area (Å²) in [5.41, 5.74) is 19.8. The first-order valence-electron chi connectivity index (χ1n) is 12.5. The lowest BCUT2D eigenvalue weighted by Crippen LogP contribution is -2.26. The Morgan fingerprint density at radius 2 is 0.927 bits per heavy atom. The Hall–Kier alpha value is -4.86. The largest absolute Gasteiger partial charge is 0.508 e. The maximum Gasteiger partial charge on any atom is 0.262 e. The fraction of sp³-hybridized carbons (Fsp3) is 0. The van der Waals surface area contributed by atoms with Gasteiger partial charge in [0.25, 0.3) is 5.91 Å². The molecule has 0 radical (unpaired) electrons. The Labute approximate surface area is 246 Å². The predicted molar refractivity (Wildman–Crippen MR) is 166 cm³/mol. The van der Waals surface area contributed by atoms with Crippen molar-refractivity contribution in [2.45, 2.75) is 19.6 Å². The Morgan fingerprint density at radius 1 is 0.561 bits per heavy atom. The highest BCUT2D eigenvalue weighted by Gasteiger charge is 2.22. The Morgan fingerprint density at radius 3 is 1.32 bits per heavy atom. The summed E-state index contributed by atoms with van der Waals surface area (Å²) in [6, 6.07) is 34.3. The number of rotatable bonds is 8. The molecular formula is C32H26N4O3S2. The number of hydrogen-bond donors (Lipinski definition) is 4. The number of nitrogens with two attached hydrogens (primary N) is 3. The van der Waals surface area contributed by atoms with Crippen LogP contribution in [0, 0.1) is 0 Å². The molecule has 5 aromatic rings. The number of nitrogen functional groups attached to an aromatic ring is 2. The molecule has 2 amide bonds. The molecule has 0 atom stereocenters. The number of carbonyl (C=O) groups excluding carboxylic acids is 2. The molecule has 0 bridgehead atoms. The lowest BCUT2D eigenvalue weighted by molar-refractivity contribution is 0.0998. The van der Waals surface area contributed by atoms with Gasteiger partial charge in [0, 0.05) is 53.5 Å². The van der Waals surface area contributed by atoms with E-state index in [1.807, 2.05) is 97.1 Å². The summed E-state index contributed by atoms with van der Waals surface area (Å²) in [6.45, 7) is 0. The third-order valence-corrected chi connectivity index (χ3v) is 8.11. The second kappa shape index (κ2) is 12.1. The molecule has 0 saturated carbocycles. The second-order valence-corrected chi connectivity index (χ2v) is 11.4. The molecule has 0 aliphatic carbocycles. The van der Waals surface area contributed by atoms with E-state index in [1.54, 1.807) is 23.5 Å².